The first-order valence-corrected chi connectivity index (χ1v) is 10.6. The van der Waals surface area contributed by atoms with E-state index < -0.39 is 0 Å². The molecule has 0 saturated carbocycles. The van der Waals surface area contributed by atoms with Crippen LogP contribution in [0.5, 0.6) is 11.5 Å². The van der Waals surface area contributed by atoms with Crippen LogP contribution in [0.4, 0.5) is 0 Å². The second-order valence-corrected chi connectivity index (χ2v) is 8.16. The highest BCUT2D eigenvalue weighted by Gasteiger charge is 2.23. The Labute approximate surface area is 169 Å². The minimum atomic E-state index is -0.211. The molecule has 5 heteroatoms. The lowest BCUT2D eigenvalue weighted by Gasteiger charge is -2.27. The molecule has 1 unspecified atom stereocenters. The Kier molecular flexibility index (Phi) is 8.84. The zero-order valence-electron chi connectivity index (χ0n) is 17.4. The molecule has 1 saturated heterocycles. The van der Waals surface area contributed by atoms with Gasteiger partial charge in [-0.3, -0.25) is 4.79 Å². The second-order valence-electron chi connectivity index (χ2n) is 8.16. The Hall–Kier alpha value is -2.01. The summed E-state index contributed by atoms with van der Waals surface area (Å²) in [6.45, 7) is 11.3. The largest absolute Gasteiger partial charge is 0.504 e. The number of phenolic OH excluding ortho intramolecular Hbond substituents is 2. The maximum atomic E-state index is 12.7. The molecule has 3 N–H and O–H groups in total. The van der Waals surface area contributed by atoms with Crippen molar-refractivity contribution in [1.29, 1.82) is 0 Å². The van der Waals surface area contributed by atoms with Crippen LogP contribution in [0.25, 0.3) is 5.57 Å². The topological polar surface area (TPSA) is 72.8 Å². The fourth-order valence-electron chi connectivity index (χ4n) is 3.81. The third kappa shape index (κ3) is 6.86. The molecule has 28 heavy (non-hydrogen) atoms. The number of aromatic hydroxyl groups is 2. The maximum Gasteiger partial charge on any atom is 0.220 e. The molecule has 2 rings (SSSR count). The highest BCUT2D eigenvalue weighted by Crippen LogP contribution is 2.29. The minimum Gasteiger partial charge on any atom is -0.504 e. The summed E-state index contributed by atoms with van der Waals surface area (Å²) < 4.78 is 0. The summed E-state index contributed by atoms with van der Waals surface area (Å²) in [5.74, 6) is 0.0920. The van der Waals surface area contributed by atoms with Gasteiger partial charge in [-0.25, -0.2) is 0 Å². The number of carbonyl (C=O) groups is 1. The Morgan fingerprint density at radius 3 is 2.57 bits per heavy atom. The minimum absolute atomic E-state index is 0.0531. The van der Waals surface area contributed by atoms with Crippen LogP contribution in [0.15, 0.2) is 24.8 Å². The first kappa shape index (κ1) is 22.3. The summed E-state index contributed by atoms with van der Waals surface area (Å²) in [6, 6.07) is 4.49. The molecule has 1 aromatic carbocycles. The molecule has 0 radical (unpaired) electrons. The van der Waals surface area contributed by atoms with Crippen molar-refractivity contribution in [3.8, 4) is 11.5 Å². The van der Waals surface area contributed by atoms with Crippen molar-refractivity contribution >= 4 is 11.5 Å². The summed E-state index contributed by atoms with van der Waals surface area (Å²) in [5.41, 5.74) is 1.49. The highest BCUT2D eigenvalue weighted by molar-refractivity contribution is 5.80. The molecule has 1 amide bonds. The number of phenols is 2. The van der Waals surface area contributed by atoms with Crippen LogP contribution in [0.3, 0.4) is 0 Å². The molecule has 0 bridgehead atoms. The van der Waals surface area contributed by atoms with Crippen molar-refractivity contribution in [3.63, 3.8) is 0 Å². The van der Waals surface area contributed by atoms with Crippen LogP contribution in [0.2, 0.25) is 0 Å². The van der Waals surface area contributed by atoms with Crippen molar-refractivity contribution < 1.29 is 15.0 Å². The SMILES string of the molecule is C=C(c1ccc(O)c(O)c1)[C@@H](CN1CCCC1)NC(=O)CC(C)CCCCC. The summed E-state index contributed by atoms with van der Waals surface area (Å²) >= 11 is 0. The van der Waals surface area contributed by atoms with Crippen LogP contribution >= 0.6 is 0 Å². The van der Waals surface area contributed by atoms with Gasteiger partial charge in [0.2, 0.25) is 5.91 Å². The van der Waals surface area contributed by atoms with Gasteiger partial charge >= 0.3 is 0 Å². The monoisotopic (exact) mass is 388 g/mol. The Morgan fingerprint density at radius 1 is 1.21 bits per heavy atom. The van der Waals surface area contributed by atoms with Gasteiger partial charge in [0.1, 0.15) is 0 Å². The van der Waals surface area contributed by atoms with E-state index in [9.17, 15) is 15.0 Å². The lowest BCUT2D eigenvalue weighted by Crippen LogP contribution is -2.44. The number of benzene rings is 1. The van der Waals surface area contributed by atoms with Crippen LogP contribution in [0, 0.1) is 5.92 Å². The molecule has 2 atom stereocenters. The molecule has 0 spiro atoms. The highest BCUT2D eigenvalue weighted by atomic mass is 16.3. The number of nitrogens with one attached hydrogen (secondary N) is 1. The third-order valence-electron chi connectivity index (χ3n) is 5.58. The number of rotatable bonds is 11. The molecule has 1 aliphatic heterocycles. The molecule has 1 fully saturated rings. The second kappa shape index (κ2) is 11.1. The van der Waals surface area contributed by atoms with E-state index in [4.69, 9.17) is 0 Å². The molecule has 1 aromatic rings. The van der Waals surface area contributed by atoms with E-state index >= 15 is 0 Å². The van der Waals surface area contributed by atoms with Crippen LogP contribution in [-0.2, 0) is 4.79 Å². The smallest absolute Gasteiger partial charge is 0.220 e. The Balaban J connectivity index is 2.02. The van der Waals surface area contributed by atoms with Gasteiger partial charge in [0.05, 0.1) is 6.04 Å². The summed E-state index contributed by atoms with van der Waals surface area (Å²) in [5, 5.41) is 22.6. The maximum absolute atomic E-state index is 12.7. The molecular formula is C23H36N2O3. The van der Waals surface area contributed by atoms with E-state index in [2.05, 4.69) is 30.6 Å². The fourth-order valence-corrected chi connectivity index (χ4v) is 3.81. The van der Waals surface area contributed by atoms with Crippen LogP contribution in [0.1, 0.15) is 64.4 Å². The lowest BCUT2D eigenvalue weighted by atomic mass is 9.97. The third-order valence-corrected chi connectivity index (χ3v) is 5.58. The zero-order chi connectivity index (χ0) is 20.5. The van der Waals surface area contributed by atoms with E-state index in [1.165, 1.54) is 44.2 Å². The van der Waals surface area contributed by atoms with Crippen molar-refractivity contribution in [1.82, 2.24) is 10.2 Å². The van der Waals surface area contributed by atoms with Gasteiger partial charge in [-0.1, -0.05) is 52.2 Å². The average molecular weight is 389 g/mol. The predicted molar refractivity (Wildman–Crippen MR) is 114 cm³/mol. The molecule has 1 heterocycles. The Bertz CT molecular complexity index is 653. The van der Waals surface area contributed by atoms with Gasteiger partial charge < -0.3 is 20.4 Å². The van der Waals surface area contributed by atoms with Gasteiger partial charge in [-0.15, -0.1) is 0 Å². The van der Waals surface area contributed by atoms with Crippen molar-refractivity contribution in [3.05, 3.63) is 30.3 Å². The number of amides is 1. The van der Waals surface area contributed by atoms with Crippen molar-refractivity contribution in [2.24, 2.45) is 5.92 Å². The molecule has 0 aromatic heterocycles. The molecule has 0 aliphatic carbocycles. The van der Waals surface area contributed by atoms with Gasteiger partial charge in [0.15, 0.2) is 11.5 Å². The first-order chi connectivity index (χ1) is 13.4. The fraction of sp³-hybridized carbons (Fsp3) is 0.609. The number of carbonyl (C=O) groups excluding carboxylic acids is 1. The van der Waals surface area contributed by atoms with E-state index in [1.807, 2.05) is 0 Å². The number of hydrogen-bond acceptors (Lipinski definition) is 4. The standard InChI is InChI=1S/C23H36N2O3/c1-4-5-6-9-17(2)14-23(28)24-20(16-25-12-7-8-13-25)18(3)19-10-11-21(26)22(27)15-19/h10-11,15,17,20,26-27H,3-9,12-14,16H2,1-2H3,(H,24,28)/t17?,20-/m1/s1. The number of hydrogen-bond donors (Lipinski definition) is 3. The van der Waals surface area contributed by atoms with E-state index in [1.54, 1.807) is 6.07 Å². The van der Waals surface area contributed by atoms with Gasteiger partial charge in [0, 0.05) is 13.0 Å². The normalized spacial score (nSPS) is 16.6. The van der Waals surface area contributed by atoms with Gasteiger partial charge in [-0.2, -0.15) is 0 Å². The molecule has 156 valence electrons. The zero-order valence-corrected chi connectivity index (χ0v) is 17.4. The first-order valence-electron chi connectivity index (χ1n) is 10.6. The van der Waals surface area contributed by atoms with E-state index in [0.717, 1.165) is 37.2 Å². The molecule has 1 aliphatic rings. The van der Waals surface area contributed by atoms with Crippen LogP contribution < -0.4 is 5.32 Å². The van der Waals surface area contributed by atoms with Crippen LogP contribution in [-0.4, -0.2) is 46.7 Å². The molecule has 5 nitrogen and oxygen atoms in total. The number of likely N-dealkylation sites (tertiary alicyclic amines) is 1. The summed E-state index contributed by atoms with van der Waals surface area (Å²) in [7, 11) is 0. The lowest BCUT2D eigenvalue weighted by molar-refractivity contribution is -0.122. The van der Waals surface area contributed by atoms with E-state index in [-0.39, 0.29) is 23.4 Å². The molecular weight excluding hydrogens is 352 g/mol. The summed E-state index contributed by atoms with van der Waals surface area (Å²) in [6.07, 6.45) is 7.53. The van der Waals surface area contributed by atoms with Gasteiger partial charge in [0.25, 0.3) is 0 Å². The summed E-state index contributed by atoms with van der Waals surface area (Å²) in [4.78, 5) is 15.0. The van der Waals surface area contributed by atoms with Gasteiger partial charge in [-0.05, 0) is 55.1 Å². The van der Waals surface area contributed by atoms with Crippen molar-refractivity contribution in [2.45, 2.75) is 64.8 Å². The predicted octanol–water partition coefficient (Wildman–Crippen LogP) is 4.30. The number of unbranched alkanes of at least 4 members (excludes halogenated alkanes) is 2. The number of nitrogens with zero attached hydrogens (tertiary/aromatic N) is 1. The van der Waals surface area contributed by atoms with Crippen molar-refractivity contribution in [2.75, 3.05) is 19.6 Å². The van der Waals surface area contributed by atoms with E-state index in [0.29, 0.717) is 12.3 Å². The quantitative estimate of drug-likeness (QED) is 0.390. The Morgan fingerprint density at radius 2 is 1.93 bits per heavy atom. The average Bonchev–Trinajstić information content (AvgIpc) is 3.16.